The van der Waals surface area contributed by atoms with Gasteiger partial charge in [0.05, 0.1) is 0 Å². The van der Waals surface area contributed by atoms with Gasteiger partial charge in [-0.2, -0.15) is 0 Å². The van der Waals surface area contributed by atoms with Gasteiger partial charge in [-0.25, -0.2) is 4.79 Å². The van der Waals surface area contributed by atoms with Crippen molar-refractivity contribution in [2.75, 3.05) is 5.32 Å². The van der Waals surface area contributed by atoms with E-state index in [4.69, 9.17) is 23.2 Å². The zero-order chi connectivity index (χ0) is 17.6. The van der Waals surface area contributed by atoms with E-state index >= 15 is 0 Å². The molecule has 3 rings (SSSR count). The van der Waals surface area contributed by atoms with Crippen molar-refractivity contribution in [1.29, 1.82) is 0 Å². The van der Waals surface area contributed by atoms with Crippen LogP contribution in [0.1, 0.15) is 5.56 Å². The predicted molar refractivity (Wildman–Crippen MR) is 104 cm³/mol. The van der Waals surface area contributed by atoms with Gasteiger partial charge in [0.1, 0.15) is 0 Å². The van der Waals surface area contributed by atoms with E-state index in [0.717, 1.165) is 22.4 Å². The lowest BCUT2D eigenvalue weighted by atomic mass is 10.1. The zero-order valence-corrected chi connectivity index (χ0v) is 14.8. The van der Waals surface area contributed by atoms with Crippen LogP contribution >= 0.6 is 23.2 Å². The van der Waals surface area contributed by atoms with Gasteiger partial charge in [-0.05, 0) is 41.0 Å². The summed E-state index contributed by atoms with van der Waals surface area (Å²) in [5.74, 6) is 0. The van der Waals surface area contributed by atoms with Gasteiger partial charge in [0.2, 0.25) is 0 Å². The normalized spacial score (nSPS) is 10.3. The van der Waals surface area contributed by atoms with Crippen LogP contribution in [0.25, 0.3) is 11.1 Å². The molecular weight excluding hydrogens is 355 g/mol. The van der Waals surface area contributed by atoms with E-state index in [0.29, 0.717) is 16.6 Å². The molecule has 25 heavy (non-hydrogen) atoms. The number of hydrogen-bond acceptors (Lipinski definition) is 1. The summed E-state index contributed by atoms with van der Waals surface area (Å²) in [5.41, 5.74) is 3.76. The number of hydrogen-bond donors (Lipinski definition) is 2. The number of carbonyl (C=O) groups is 1. The van der Waals surface area contributed by atoms with E-state index in [1.807, 2.05) is 54.6 Å². The van der Waals surface area contributed by atoms with E-state index < -0.39 is 0 Å². The van der Waals surface area contributed by atoms with Gasteiger partial charge < -0.3 is 10.6 Å². The van der Waals surface area contributed by atoms with E-state index in [-0.39, 0.29) is 6.03 Å². The van der Waals surface area contributed by atoms with Crippen molar-refractivity contribution in [3.8, 4) is 11.1 Å². The molecule has 0 aromatic heterocycles. The van der Waals surface area contributed by atoms with E-state index in [9.17, 15) is 4.79 Å². The molecule has 3 aromatic carbocycles. The number of carbonyl (C=O) groups excluding carboxylic acids is 1. The molecule has 0 bridgehead atoms. The van der Waals surface area contributed by atoms with Crippen LogP contribution in [0.3, 0.4) is 0 Å². The van der Waals surface area contributed by atoms with Gasteiger partial charge in [-0.15, -0.1) is 0 Å². The Morgan fingerprint density at radius 1 is 0.840 bits per heavy atom. The van der Waals surface area contributed by atoms with Gasteiger partial charge in [-0.3, -0.25) is 0 Å². The third-order valence-corrected chi connectivity index (χ3v) is 4.29. The van der Waals surface area contributed by atoms with Gasteiger partial charge in [0, 0.05) is 22.3 Å². The fourth-order valence-electron chi connectivity index (χ4n) is 2.39. The lowest BCUT2D eigenvalue weighted by Crippen LogP contribution is -2.28. The van der Waals surface area contributed by atoms with Crippen molar-refractivity contribution in [2.24, 2.45) is 0 Å². The molecule has 0 aliphatic heterocycles. The molecule has 3 aromatic rings. The van der Waals surface area contributed by atoms with Crippen molar-refractivity contribution < 1.29 is 4.79 Å². The lowest BCUT2D eigenvalue weighted by molar-refractivity contribution is 0.252. The van der Waals surface area contributed by atoms with E-state index in [1.54, 1.807) is 18.2 Å². The number of amides is 2. The molecule has 126 valence electrons. The summed E-state index contributed by atoms with van der Waals surface area (Å²) in [4.78, 5) is 12.0. The van der Waals surface area contributed by atoms with Crippen LogP contribution in [0.15, 0.2) is 72.8 Å². The highest BCUT2D eigenvalue weighted by Gasteiger charge is 2.05. The van der Waals surface area contributed by atoms with Gasteiger partial charge in [-0.1, -0.05) is 71.7 Å². The maximum atomic E-state index is 12.0. The first kappa shape index (κ1) is 17.3. The first-order chi connectivity index (χ1) is 12.1. The summed E-state index contributed by atoms with van der Waals surface area (Å²) < 4.78 is 0. The Labute approximate surface area is 156 Å². The number of benzene rings is 3. The van der Waals surface area contributed by atoms with Crippen LogP contribution in [-0.2, 0) is 6.54 Å². The average Bonchev–Trinajstić information content (AvgIpc) is 2.62. The molecule has 5 heteroatoms. The molecule has 0 heterocycles. The van der Waals surface area contributed by atoms with Crippen molar-refractivity contribution in [2.45, 2.75) is 6.54 Å². The van der Waals surface area contributed by atoms with Crippen molar-refractivity contribution in [3.05, 3.63) is 88.4 Å². The van der Waals surface area contributed by atoms with Crippen LogP contribution in [0.2, 0.25) is 10.0 Å². The standard InChI is InChI=1S/C20H16Cl2N2O/c21-17-9-6-16(19(22)12-17)13-23-20(25)24-18-10-7-15(8-11-18)14-4-2-1-3-5-14/h1-12H,13H2,(H2,23,24,25). The largest absolute Gasteiger partial charge is 0.334 e. The summed E-state index contributed by atoms with van der Waals surface area (Å²) in [7, 11) is 0. The number of urea groups is 1. The van der Waals surface area contributed by atoms with Crippen molar-refractivity contribution in [1.82, 2.24) is 5.32 Å². The second-order valence-electron chi connectivity index (χ2n) is 5.49. The summed E-state index contributed by atoms with van der Waals surface area (Å²) in [6, 6.07) is 22.7. The van der Waals surface area contributed by atoms with Crippen molar-refractivity contribution >= 4 is 34.9 Å². The Bertz CT molecular complexity index is 865. The molecule has 0 saturated carbocycles. The maximum Gasteiger partial charge on any atom is 0.319 e. The minimum absolute atomic E-state index is 0.293. The fraction of sp³-hybridized carbons (Fsp3) is 0.0500. The summed E-state index contributed by atoms with van der Waals surface area (Å²) in [6.07, 6.45) is 0. The Hall–Kier alpha value is -2.49. The predicted octanol–water partition coefficient (Wildman–Crippen LogP) is 5.98. The third-order valence-electron chi connectivity index (χ3n) is 3.70. The van der Waals surface area contributed by atoms with Crippen LogP contribution < -0.4 is 10.6 Å². The fourth-order valence-corrected chi connectivity index (χ4v) is 2.87. The monoisotopic (exact) mass is 370 g/mol. The molecule has 2 N–H and O–H groups in total. The summed E-state index contributed by atoms with van der Waals surface area (Å²) in [5, 5.41) is 6.67. The molecule has 0 fully saturated rings. The SMILES string of the molecule is O=C(NCc1ccc(Cl)cc1Cl)Nc1ccc(-c2ccccc2)cc1. The Kier molecular flexibility index (Phi) is 5.59. The lowest BCUT2D eigenvalue weighted by Gasteiger charge is -2.10. The van der Waals surface area contributed by atoms with Crippen LogP contribution in [-0.4, -0.2) is 6.03 Å². The summed E-state index contributed by atoms with van der Waals surface area (Å²) in [6.45, 7) is 0.323. The van der Waals surface area contributed by atoms with Crippen LogP contribution in [0, 0.1) is 0 Å². The molecule has 0 radical (unpaired) electrons. The number of halogens is 2. The Balaban J connectivity index is 1.57. The van der Waals surface area contributed by atoms with Gasteiger partial charge in [0.15, 0.2) is 0 Å². The van der Waals surface area contributed by atoms with Gasteiger partial charge in [0.25, 0.3) is 0 Å². The Morgan fingerprint density at radius 2 is 1.52 bits per heavy atom. The topological polar surface area (TPSA) is 41.1 Å². The molecule has 0 saturated heterocycles. The van der Waals surface area contributed by atoms with Crippen molar-refractivity contribution in [3.63, 3.8) is 0 Å². The number of rotatable bonds is 4. The number of nitrogens with one attached hydrogen (secondary N) is 2. The molecule has 0 aliphatic rings. The molecule has 0 aliphatic carbocycles. The first-order valence-electron chi connectivity index (χ1n) is 7.76. The minimum Gasteiger partial charge on any atom is -0.334 e. The van der Waals surface area contributed by atoms with Crippen LogP contribution in [0.4, 0.5) is 10.5 Å². The smallest absolute Gasteiger partial charge is 0.319 e. The average molecular weight is 371 g/mol. The van der Waals surface area contributed by atoms with E-state index in [1.165, 1.54) is 0 Å². The zero-order valence-electron chi connectivity index (χ0n) is 13.3. The molecular formula is C20H16Cl2N2O. The molecule has 0 atom stereocenters. The molecule has 3 nitrogen and oxygen atoms in total. The highest BCUT2D eigenvalue weighted by atomic mass is 35.5. The first-order valence-corrected chi connectivity index (χ1v) is 8.52. The highest BCUT2D eigenvalue weighted by molar-refractivity contribution is 6.35. The quantitative estimate of drug-likeness (QED) is 0.582. The number of anilines is 1. The second kappa shape index (κ2) is 8.06. The molecule has 2 amide bonds. The van der Waals surface area contributed by atoms with Crippen LogP contribution in [0.5, 0.6) is 0 Å². The maximum absolute atomic E-state index is 12.0. The Morgan fingerprint density at radius 3 is 2.20 bits per heavy atom. The summed E-state index contributed by atoms with van der Waals surface area (Å²) >= 11 is 12.0. The minimum atomic E-state index is -0.293. The third kappa shape index (κ3) is 4.75. The molecule has 0 spiro atoms. The van der Waals surface area contributed by atoms with Gasteiger partial charge >= 0.3 is 6.03 Å². The van der Waals surface area contributed by atoms with E-state index in [2.05, 4.69) is 10.6 Å². The molecule has 0 unspecified atom stereocenters. The second-order valence-corrected chi connectivity index (χ2v) is 6.33. The highest BCUT2D eigenvalue weighted by Crippen LogP contribution is 2.22.